The Morgan fingerprint density at radius 1 is 1.50 bits per heavy atom. The van der Waals surface area contributed by atoms with Gasteiger partial charge in [0.15, 0.2) is 0 Å². The van der Waals surface area contributed by atoms with Crippen molar-refractivity contribution in [2.75, 3.05) is 6.61 Å². The number of halogens is 1. The Balaban J connectivity index is 2.54. The molecule has 0 saturated carbocycles. The van der Waals surface area contributed by atoms with Gasteiger partial charge in [-0.3, -0.25) is 4.79 Å². The van der Waals surface area contributed by atoms with Crippen LogP contribution in [0.2, 0.25) is 0 Å². The van der Waals surface area contributed by atoms with E-state index >= 15 is 0 Å². The lowest BCUT2D eigenvalue weighted by atomic mass is 10.1. The minimum atomic E-state index is -0.125. The van der Waals surface area contributed by atoms with E-state index in [1.165, 1.54) is 11.1 Å². The van der Waals surface area contributed by atoms with Crippen molar-refractivity contribution in [2.45, 2.75) is 31.5 Å². The summed E-state index contributed by atoms with van der Waals surface area (Å²) >= 11 is 3.53. The normalized spacial score (nSPS) is 12.2. The van der Waals surface area contributed by atoms with Crippen molar-refractivity contribution in [3.8, 4) is 0 Å². The molecule has 0 heterocycles. The molecule has 1 unspecified atom stereocenters. The third-order valence-electron chi connectivity index (χ3n) is 2.33. The van der Waals surface area contributed by atoms with Crippen LogP contribution in [0.3, 0.4) is 0 Å². The number of rotatable bonds is 5. The molecule has 2 nitrogen and oxygen atoms in total. The molecule has 0 bridgehead atoms. The van der Waals surface area contributed by atoms with Gasteiger partial charge in [-0.1, -0.05) is 40.2 Å². The van der Waals surface area contributed by atoms with E-state index in [2.05, 4.69) is 35.0 Å². The largest absolute Gasteiger partial charge is 0.466 e. The third-order valence-corrected chi connectivity index (χ3v) is 2.86. The average molecular weight is 285 g/mol. The zero-order chi connectivity index (χ0) is 12.0. The van der Waals surface area contributed by atoms with Gasteiger partial charge in [0, 0.05) is 11.2 Å². The summed E-state index contributed by atoms with van der Waals surface area (Å²) < 4.78 is 4.89. The molecule has 0 radical (unpaired) electrons. The van der Waals surface area contributed by atoms with Crippen LogP contribution in [0.25, 0.3) is 0 Å². The van der Waals surface area contributed by atoms with Gasteiger partial charge in [0.1, 0.15) is 0 Å². The summed E-state index contributed by atoms with van der Waals surface area (Å²) in [5.41, 5.74) is 2.42. The first kappa shape index (κ1) is 13.2. The fourth-order valence-corrected chi connectivity index (χ4v) is 1.76. The number of ether oxygens (including phenoxy) is 1. The van der Waals surface area contributed by atoms with Crippen molar-refractivity contribution < 1.29 is 9.53 Å². The molecular weight excluding hydrogens is 268 g/mol. The summed E-state index contributed by atoms with van der Waals surface area (Å²) in [6, 6.07) is 8.26. The Bertz CT molecular complexity index is 348. The Morgan fingerprint density at radius 3 is 2.88 bits per heavy atom. The quantitative estimate of drug-likeness (QED) is 0.610. The van der Waals surface area contributed by atoms with Crippen LogP contribution in [0.4, 0.5) is 0 Å². The van der Waals surface area contributed by atoms with Gasteiger partial charge in [-0.2, -0.15) is 0 Å². The van der Waals surface area contributed by atoms with Crippen molar-refractivity contribution in [3.05, 3.63) is 35.4 Å². The minimum Gasteiger partial charge on any atom is -0.466 e. The van der Waals surface area contributed by atoms with Gasteiger partial charge in [-0.25, -0.2) is 0 Å². The predicted molar refractivity (Wildman–Crippen MR) is 68.7 cm³/mol. The van der Waals surface area contributed by atoms with Gasteiger partial charge < -0.3 is 4.74 Å². The van der Waals surface area contributed by atoms with E-state index in [9.17, 15) is 4.79 Å². The second-order valence-electron chi connectivity index (χ2n) is 3.67. The summed E-state index contributed by atoms with van der Waals surface area (Å²) in [6.45, 7) is 4.37. The highest BCUT2D eigenvalue weighted by Crippen LogP contribution is 2.22. The number of aryl methyl sites for hydroxylation is 1. The zero-order valence-corrected chi connectivity index (χ0v) is 11.3. The number of carbonyl (C=O) groups is 1. The second kappa shape index (κ2) is 6.69. The molecule has 1 rings (SSSR count). The van der Waals surface area contributed by atoms with Crippen LogP contribution in [0, 0.1) is 0 Å². The maximum absolute atomic E-state index is 11.2. The molecule has 1 atom stereocenters. The van der Waals surface area contributed by atoms with Gasteiger partial charge >= 0.3 is 5.97 Å². The van der Waals surface area contributed by atoms with Crippen LogP contribution >= 0.6 is 15.9 Å². The van der Waals surface area contributed by atoms with Crippen LogP contribution in [0.1, 0.15) is 36.2 Å². The molecule has 0 N–H and O–H groups in total. The van der Waals surface area contributed by atoms with Crippen LogP contribution in [0.5, 0.6) is 0 Å². The number of hydrogen-bond acceptors (Lipinski definition) is 2. The number of carbonyl (C=O) groups excluding carboxylic acids is 1. The molecule has 0 fully saturated rings. The van der Waals surface area contributed by atoms with E-state index < -0.39 is 0 Å². The van der Waals surface area contributed by atoms with Crippen molar-refractivity contribution in [1.29, 1.82) is 0 Å². The van der Waals surface area contributed by atoms with Crippen molar-refractivity contribution in [3.63, 3.8) is 0 Å². The summed E-state index contributed by atoms with van der Waals surface area (Å²) in [7, 11) is 0. The lowest BCUT2D eigenvalue weighted by Crippen LogP contribution is -2.05. The highest BCUT2D eigenvalue weighted by atomic mass is 79.9. The Kier molecular flexibility index (Phi) is 5.53. The smallest absolute Gasteiger partial charge is 0.306 e. The molecule has 0 amide bonds. The molecule has 0 saturated heterocycles. The molecule has 3 heteroatoms. The van der Waals surface area contributed by atoms with Gasteiger partial charge in [0.25, 0.3) is 0 Å². The Hall–Kier alpha value is -0.830. The van der Waals surface area contributed by atoms with Crippen LogP contribution in [0.15, 0.2) is 24.3 Å². The summed E-state index contributed by atoms with van der Waals surface area (Å²) in [5.74, 6) is -0.125. The standard InChI is InChI=1S/C13H17BrO2/c1-3-16-13(15)8-7-11-5-4-6-12(9-11)10(2)14/h4-6,9-10H,3,7-8H2,1-2H3. The van der Waals surface area contributed by atoms with Crippen LogP contribution in [-0.2, 0) is 16.0 Å². The number of esters is 1. The molecular formula is C13H17BrO2. The molecule has 1 aromatic rings. The number of hydrogen-bond donors (Lipinski definition) is 0. The predicted octanol–water partition coefficient (Wildman–Crippen LogP) is 3.64. The molecule has 0 spiro atoms. The van der Waals surface area contributed by atoms with E-state index in [0.717, 1.165) is 6.42 Å². The fourth-order valence-electron chi connectivity index (χ4n) is 1.48. The highest BCUT2D eigenvalue weighted by molar-refractivity contribution is 9.09. The summed E-state index contributed by atoms with van der Waals surface area (Å²) in [6.07, 6.45) is 1.19. The lowest BCUT2D eigenvalue weighted by molar-refractivity contribution is -0.143. The van der Waals surface area contributed by atoms with E-state index in [4.69, 9.17) is 4.74 Å². The molecule has 0 aliphatic carbocycles. The van der Waals surface area contributed by atoms with Gasteiger partial charge in [-0.05, 0) is 31.4 Å². The van der Waals surface area contributed by atoms with Crippen LogP contribution < -0.4 is 0 Å². The average Bonchev–Trinajstić information content (AvgIpc) is 2.27. The van der Waals surface area contributed by atoms with Crippen molar-refractivity contribution >= 4 is 21.9 Å². The summed E-state index contributed by atoms with van der Waals surface area (Å²) in [5, 5.41) is 0. The third kappa shape index (κ3) is 4.35. The van der Waals surface area contributed by atoms with E-state index in [0.29, 0.717) is 17.9 Å². The molecule has 0 aliphatic rings. The maximum atomic E-state index is 11.2. The first-order valence-electron chi connectivity index (χ1n) is 5.52. The van der Waals surface area contributed by atoms with E-state index in [1.54, 1.807) is 0 Å². The number of alkyl halides is 1. The van der Waals surface area contributed by atoms with Crippen molar-refractivity contribution in [2.24, 2.45) is 0 Å². The molecule has 0 aromatic heterocycles. The monoisotopic (exact) mass is 284 g/mol. The minimum absolute atomic E-state index is 0.125. The lowest BCUT2D eigenvalue weighted by Gasteiger charge is -2.06. The Labute approximate surface area is 105 Å². The zero-order valence-electron chi connectivity index (χ0n) is 9.70. The molecule has 16 heavy (non-hydrogen) atoms. The van der Waals surface area contributed by atoms with Gasteiger partial charge in [0.05, 0.1) is 6.61 Å². The molecule has 1 aromatic carbocycles. The topological polar surface area (TPSA) is 26.3 Å². The first-order chi connectivity index (χ1) is 7.63. The van der Waals surface area contributed by atoms with Gasteiger partial charge in [0.2, 0.25) is 0 Å². The maximum Gasteiger partial charge on any atom is 0.306 e. The van der Waals surface area contributed by atoms with E-state index in [-0.39, 0.29) is 5.97 Å². The second-order valence-corrected chi connectivity index (χ2v) is 5.04. The number of benzene rings is 1. The SMILES string of the molecule is CCOC(=O)CCc1cccc(C(C)Br)c1. The van der Waals surface area contributed by atoms with Gasteiger partial charge in [-0.15, -0.1) is 0 Å². The fraction of sp³-hybridized carbons (Fsp3) is 0.462. The van der Waals surface area contributed by atoms with E-state index in [1.807, 2.05) is 19.1 Å². The molecule has 88 valence electrons. The first-order valence-corrected chi connectivity index (χ1v) is 6.43. The summed E-state index contributed by atoms with van der Waals surface area (Å²) in [4.78, 5) is 11.5. The van der Waals surface area contributed by atoms with Crippen LogP contribution in [-0.4, -0.2) is 12.6 Å². The highest BCUT2D eigenvalue weighted by Gasteiger charge is 2.05. The Morgan fingerprint density at radius 2 is 2.25 bits per heavy atom. The van der Waals surface area contributed by atoms with Crippen molar-refractivity contribution in [1.82, 2.24) is 0 Å². The molecule has 0 aliphatic heterocycles.